The molecule has 0 unspecified atom stereocenters. The van der Waals surface area contributed by atoms with Crippen molar-refractivity contribution in [3.63, 3.8) is 0 Å². The van der Waals surface area contributed by atoms with Crippen molar-refractivity contribution >= 4 is 21.6 Å². The minimum Gasteiger partial charge on any atom is -0.385 e. The molecule has 0 atom stereocenters. The summed E-state index contributed by atoms with van der Waals surface area (Å²) >= 11 is 5.83. The van der Waals surface area contributed by atoms with Crippen molar-refractivity contribution in [3.8, 4) is 0 Å². The fourth-order valence-corrected chi connectivity index (χ4v) is 3.89. The average molecular weight is 340 g/mol. The van der Waals surface area contributed by atoms with Gasteiger partial charge in [0.2, 0.25) is 0 Å². The smallest absolute Gasteiger partial charge is 0.262 e. The van der Waals surface area contributed by atoms with E-state index >= 15 is 0 Å². The zero-order valence-corrected chi connectivity index (χ0v) is 14.1. The van der Waals surface area contributed by atoms with Gasteiger partial charge in [0.1, 0.15) is 0 Å². The third-order valence-electron chi connectivity index (χ3n) is 3.05. The molecule has 1 rings (SSSR count). The third-order valence-corrected chi connectivity index (χ3v) is 5.19. The Morgan fingerprint density at radius 2 is 1.90 bits per heavy atom. The second kappa shape index (κ2) is 8.70. The van der Waals surface area contributed by atoms with Crippen LogP contribution in [0.2, 0.25) is 0 Å². The second-order valence-corrected chi connectivity index (χ2v) is 6.63. The van der Waals surface area contributed by atoms with Gasteiger partial charge < -0.3 is 9.47 Å². The van der Waals surface area contributed by atoms with Gasteiger partial charge in [-0.2, -0.15) is 9.40 Å². The van der Waals surface area contributed by atoms with Crippen LogP contribution in [0.5, 0.6) is 0 Å². The first-order chi connectivity index (χ1) is 9.98. The van der Waals surface area contributed by atoms with E-state index in [1.807, 2.05) is 0 Å². The molecule has 0 spiro atoms. The Labute approximate surface area is 130 Å². The summed E-state index contributed by atoms with van der Waals surface area (Å²) in [5.41, 5.74) is 1.16. The minimum atomic E-state index is -3.70. The molecule has 0 aromatic carbocycles. The monoisotopic (exact) mass is 339 g/mol. The number of methoxy groups -OCH3 is 2. The van der Waals surface area contributed by atoms with E-state index in [-0.39, 0.29) is 17.5 Å². The number of nitrogens with one attached hydrogen (secondary N) is 1. The van der Waals surface area contributed by atoms with E-state index in [1.54, 1.807) is 14.0 Å². The third kappa shape index (κ3) is 4.65. The number of ether oxygens (including phenoxy) is 2. The van der Waals surface area contributed by atoms with Crippen LogP contribution < -0.4 is 0 Å². The number of sulfonamides is 1. The standard InChI is InChI=1S/C12H22ClN3O4S/c1-10-11(9-13)12(15-14-10)21(17,18)16(6-8-20-3)5-4-7-19-2/h4-9H2,1-3H3,(H,14,15). The molecule has 0 amide bonds. The lowest BCUT2D eigenvalue weighted by Gasteiger charge is -2.21. The Morgan fingerprint density at radius 1 is 1.24 bits per heavy atom. The summed E-state index contributed by atoms with van der Waals surface area (Å²) in [6.07, 6.45) is 0.596. The quantitative estimate of drug-likeness (QED) is 0.510. The molecule has 7 nitrogen and oxygen atoms in total. The molecule has 0 aliphatic rings. The minimum absolute atomic E-state index is 0.0106. The van der Waals surface area contributed by atoms with Crippen LogP contribution in [-0.4, -0.2) is 63.4 Å². The van der Waals surface area contributed by atoms with E-state index in [0.29, 0.717) is 37.4 Å². The Morgan fingerprint density at radius 3 is 2.48 bits per heavy atom. The van der Waals surface area contributed by atoms with Gasteiger partial charge in [0.25, 0.3) is 10.0 Å². The topological polar surface area (TPSA) is 84.5 Å². The molecule has 0 saturated heterocycles. The van der Waals surface area contributed by atoms with Crippen LogP contribution in [0.25, 0.3) is 0 Å². The molecular weight excluding hydrogens is 318 g/mol. The van der Waals surface area contributed by atoms with Gasteiger partial charge in [0.15, 0.2) is 5.03 Å². The lowest BCUT2D eigenvalue weighted by atomic mass is 10.3. The van der Waals surface area contributed by atoms with Crippen LogP contribution >= 0.6 is 11.6 Å². The first-order valence-corrected chi connectivity index (χ1v) is 8.54. The maximum atomic E-state index is 12.7. The van der Waals surface area contributed by atoms with Crippen molar-refractivity contribution in [1.82, 2.24) is 14.5 Å². The number of aromatic amines is 1. The molecular formula is C12H22ClN3O4S. The van der Waals surface area contributed by atoms with Crippen molar-refractivity contribution < 1.29 is 17.9 Å². The van der Waals surface area contributed by atoms with Crippen LogP contribution in [0.4, 0.5) is 0 Å². The number of hydrogen-bond donors (Lipinski definition) is 1. The molecule has 0 fully saturated rings. The lowest BCUT2D eigenvalue weighted by molar-refractivity contribution is 0.164. The molecule has 1 aromatic heterocycles. The summed E-state index contributed by atoms with van der Waals surface area (Å²) < 4.78 is 36.7. The summed E-state index contributed by atoms with van der Waals surface area (Å²) in [6, 6.07) is 0. The van der Waals surface area contributed by atoms with Gasteiger partial charge >= 0.3 is 0 Å². The predicted molar refractivity (Wildman–Crippen MR) is 80.0 cm³/mol. The summed E-state index contributed by atoms with van der Waals surface area (Å²) in [6.45, 7) is 3.14. The number of alkyl halides is 1. The van der Waals surface area contributed by atoms with Gasteiger partial charge in [-0.15, -0.1) is 11.6 Å². The van der Waals surface area contributed by atoms with Crippen molar-refractivity contribution in [2.75, 3.05) is 40.5 Å². The number of H-pyrrole nitrogens is 1. The molecule has 1 heterocycles. The van der Waals surface area contributed by atoms with E-state index in [4.69, 9.17) is 21.1 Å². The Balaban J connectivity index is 3.01. The number of nitrogens with zero attached hydrogens (tertiary/aromatic N) is 2. The lowest BCUT2D eigenvalue weighted by Crippen LogP contribution is -2.36. The number of halogens is 1. The maximum absolute atomic E-state index is 12.7. The zero-order valence-electron chi connectivity index (χ0n) is 12.6. The average Bonchev–Trinajstić information content (AvgIpc) is 2.84. The van der Waals surface area contributed by atoms with Crippen molar-refractivity contribution in [1.29, 1.82) is 0 Å². The number of aromatic nitrogens is 2. The first-order valence-electron chi connectivity index (χ1n) is 6.56. The van der Waals surface area contributed by atoms with E-state index in [0.717, 1.165) is 0 Å². The fraction of sp³-hybridized carbons (Fsp3) is 0.750. The Bertz CT molecular complexity index is 533. The molecule has 0 bridgehead atoms. The highest BCUT2D eigenvalue weighted by Gasteiger charge is 2.29. The molecule has 9 heteroatoms. The molecule has 0 aliphatic heterocycles. The normalized spacial score (nSPS) is 12.2. The summed E-state index contributed by atoms with van der Waals surface area (Å²) in [4.78, 5) is 0. The molecule has 0 radical (unpaired) electrons. The van der Waals surface area contributed by atoms with Gasteiger partial charge in [0, 0.05) is 45.2 Å². The molecule has 21 heavy (non-hydrogen) atoms. The van der Waals surface area contributed by atoms with Crippen LogP contribution in [0.1, 0.15) is 17.7 Å². The van der Waals surface area contributed by atoms with Crippen LogP contribution in [-0.2, 0) is 25.4 Å². The number of rotatable bonds is 10. The van der Waals surface area contributed by atoms with Gasteiger partial charge in [-0.1, -0.05) is 0 Å². The van der Waals surface area contributed by atoms with Crippen LogP contribution in [0.15, 0.2) is 5.03 Å². The molecule has 0 saturated carbocycles. The van der Waals surface area contributed by atoms with Gasteiger partial charge in [-0.3, -0.25) is 5.10 Å². The van der Waals surface area contributed by atoms with Gasteiger partial charge in [0.05, 0.1) is 12.5 Å². The number of aryl methyl sites for hydroxylation is 1. The molecule has 0 aliphatic carbocycles. The summed E-state index contributed by atoms with van der Waals surface area (Å²) in [5.74, 6) is 0.0904. The van der Waals surface area contributed by atoms with E-state index in [2.05, 4.69) is 10.2 Å². The molecule has 1 N–H and O–H groups in total. The van der Waals surface area contributed by atoms with Crippen LogP contribution in [0, 0.1) is 6.92 Å². The first kappa shape index (κ1) is 18.4. The van der Waals surface area contributed by atoms with Gasteiger partial charge in [-0.25, -0.2) is 8.42 Å². The SMILES string of the molecule is COCCCN(CCOC)S(=O)(=O)c1n[nH]c(C)c1CCl. The van der Waals surface area contributed by atoms with Gasteiger partial charge in [-0.05, 0) is 13.3 Å². The Hall–Kier alpha value is -0.670. The molecule has 1 aromatic rings. The highest BCUT2D eigenvalue weighted by atomic mass is 35.5. The highest BCUT2D eigenvalue weighted by molar-refractivity contribution is 7.89. The van der Waals surface area contributed by atoms with E-state index < -0.39 is 10.0 Å². The van der Waals surface area contributed by atoms with E-state index in [9.17, 15) is 8.42 Å². The van der Waals surface area contributed by atoms with Crippen molar-refractivity contribution in [2.24, 2.45) is 0 Å². The predicted octanol–water partition coefficient (Wildman–Crippen LogP) is 1.13. The van der Waals surface area contributed by atoms with E-state index in [1.165, 1.54) is 11.4 Å². The molecule has 122 valence electrons. The fourth-order valence-electron chi connectivity index (χ4n) is 1.85. The second-order valence-electron chi connectivity index (χ2n) is 4.51. The highest BCUT2D eigenvalue weighted by Crippen LogP contribution is 2.22. The summed E-state index contributed by atoms with van der Waals surface area (Å²) in [7, 11) is -0.594. The van der Waals surface area contributed by atoms with Crippen molar-refractivity contribution in [2.45, 2.75) is 24.3 Å². The van der Waals surface area contributed by atoms with Crippen molar-refractivity contribution in [3.05, 3.63) is 11.3 Å². The summed E-state index contributed by atoms with van der Waals surface area (Å²) in [5, 5.41) is 6.57. The maximum Gasteiger partial charge on any atom is 0.262 e. The van der Waals surface area contributed by atoms with Crippen LogP contribution in [0.3, 0.4) is 0 Å². The Kier molecular flexibility index (Phi) is 7.61. The number of hydrogen-bond acceptors (Lipinski definition) is 5. The zero-order chi connectivity index (χ0) is 15.9. The largest absolute Gasteiger partial charge is 0.385 e.